The molecule has 3 heteroatoms. The van der Waals surface area contributed by atoms with Gasteiger partial charge in [0, 0.05) is 13.2 Å². The average molecular weight is 209 g/mol. The van der Waals surface area contributed by atoms with Gasteiger partial charge in [0.25, 0.3) is 0 Å². The fourth-order valence-corrected chi connectivity index (χ4v) is 1.56. The Morgan fingerprint density at radius 3 is 2.60 bits per heavy atom. The zero-order valence-corrected chi connectivity index (χ0v) is 9.62. The molecule has 0 fully saturated rings. The maximum absolute atomic E-state index is 5.76. The van der Waals surface area contributed by atoms with Crippen molar-refractivity contribution in [1.82, 2.24) is 0 Å². The van der Waals surface area contributed by atoms with Crippen LogP contribution in [0.4, 0.5) is 0 Å². The molecule has 15 heavy (non-hydrogen) atoms. The van der Waals surface area contributed by atoms with E-state index in [0.717, 1.165) is 23.3 Å². The first-order valence-corrected chi connectivity index (χ1v) is 5.07. The maximum Gasteiger partial charge on any atom is 0.122 e. The van der Waals surface area contributed by atoms with Gasteiger partial charge in [-0.2, -0.15) is 0 Å². The monoisotopic (exact) mass is 209 g/mol. The Labute approximate surface area is 91.2 Å². The van der Waals surface area contributed by atoms with Crippen molar-refractivity contribution in [3.63, 3.8) is 0 Å². The van der Waals surface area contributed by atoms with Crippen LogP contribution in [0.15, 0.2) is 18.2 Å². The molecule has 1 unspecified atom stereocenters. The van der Waals surface area contributed by atoms with Crippen LogP contribution in [-0.2, 0) is 17.8 Å². The fraction of sp³-hybridized carbons (Fsp3) is 0.500. The van der Waals surface area contributed by atoms with Gasteiger partial charge < -0.3 is 15.2 Å². The highest BCUT2D eigenvalue weighted by atomic mass is 16.5. The highest BCUT2D eigenvalue weighted by Gasteiger charge is 2.06. The van der Waals surface area contributed by atoms with Gasteiger partial charge in [0.15, 0.2) is 0 Å². The second kappa shape index (κ2) is 5.73. The number of hydrogen-bond donors (Lipinski definition) is 1. The third kappa shape index (κ3) is 3.53. The molecule has 1 aromatic rings. The smallest absolute Gasteiger partial charge is 0.122 e. The molecule has 0 aliphatic carbocycles. The number of hydrogen-bond acceptors (Lipinski definition) is 3. The van der Waals surface area contributed by atoms with E-state index in [1.165, 1.54) is 0 Å². The lowest BCUT2D eigenvalue weighted by atomic mass is 10.0. The Morgan fingerprint density at radius 1 is 1.33 bits per heavy atom. The van der Waals surface area contributed by atoms with Crippen LogP contribution in [0.5, 0.6) is 5.75 Å². The summed E-state index contributed by atoms with van der Waals surface area (Å²) in [6.45, 7) is 2.59. The lowest BCUT2D eigenvalue weighted by Crippen LogP contribution is -2.18. The van der Waals surface area contributed by atoms with E-state index in [-0.39, 0.29) is 6.04 Å². The number of methoxy groups -OCH3 is 2. The number of benzene rings is 1. The van der Waals surface area contributed by atoms with Crippen molar-refractivity contribution in [3.05, 3.63) is 29.3 Å². The minimum Gasteiger partial charge on any atom is -0.496 e. The van der Waals surface area contributed by atoms with E-state index in [0.29, 0.717) is 6.61 Å². The summed E-state index contributed by atoms with van der Waals surface area (Å²) in [5, 5.41) is 0. The third-order valence-corrected chi connectivity index (χ3v) is 2.20. The van der Waals surface area contributed by atoms with Gasteiger partial charge in [-0.1, -0.05) is 12.1 Å². The van der Waals surface area contributed by atoms with Gasteiger partial charge in [-0.15, -0.1) is 0 Å². The van der Waals surface area contributed by atoms with Gasteiger partial charge in [-0.25, -0.2) is 0 Å². The molecule has 1 rings (SSSR count). The van der Waals surface area contributed by atoms with Crippen molar-refractivity contribution in [2.75, 3.05) is 14.2 Å². The first-order chi connectivity index (χ1) is 7.17. The summed E-state index contributed by atoms with van der Waals surface area (Å²) in [4.78, 5) is 0. The van der Waals surface area contributed by atoms with Crippen LogP contribution < -0.4 is 10.5 Å². The molecule has 0 saturated carbocycles. The predicted octanol–water partition coefficient (Wildman–Crippen LogP) is 1.73. The van der Waals surface area contributed by atoms with Gasteiger partial charge in [0.2, 0.25) is 0 Å². The molecule has 0 saturated heterocycles. The predicted molar refractivity (Wildman–Crippen MR) is 61.1 cm³/mol. The molecule has 2 N–H and O–H groups in total. The van der Waals surface area contributed by atoms with Crippen LogP contribution in [0, 0.1) is 0 Å². The molecule has 0 amide bonds. The second-order valence-electron chi connectivity index (χ2n) is 3.76. The standard InChI is InChI=1S/C12H19NO2/c1-9(13)6-11-5-4-10(8-14-2)7-12(11)15-3/h4-5,7,9H,6,8,13H2,1-3H3. The summed E-state index contributed by atoms with van der Waals surface area (Å²) in [7, 11) is 3.36. The van der Waals surface area contributed by atoms with Crippen LogP contribution in [0.1, 0.15) is 18.1 Å². The van der Waals surface area contributed by atoms with E-state index < -0.39 is 0 Å². The van der Waals surface area contributed by atoms with Crippen molar-refractivity contribution in [2.24, 2.45) is 5.73 Å². The molecular weight excluding hydrogens is 190 g/mol. The molecule has 0 heterocycles. The van der Waals surface area contributed by atoms with Gasteiger partial charge in [-0.05, 0) is 30.5 Å². The fourth-order valence-electron chi connectivity index (χ4n) is 1.56. The van der Waals surface area contributed by atoms with E-state index >= 15 is 0 Å². The quantitative estimate of drug-likeness (QED) is 0.803. The van der Waals surface area contributed by atoms with Crippen LogP contribution in [-0.4, -0.2) is 20.3 Å². The lowest BCUT2D eigenvalue weighted by Gasteiger charge is -2.12. The first kappa shape index (κ1) is 12.0. The van der Waals surface area contributed by atoms with Crippen LogP contribution in [0.3, 0.4) is 0 Å². The van der Waals surface area contributed by atoms with E-state index in [1.54, 1.807) is 14.2 Å². The van der Waals surface area contributed by atoms with Crippen molar-refractivity contribution in [2.45, 2.75) is 26.0 Å². The third-order valence-electron chi connectivity index (χ3n) is 2.20. The maximum atomic E-state index is 5.76. The zero-order valence-electron chi connectivity index (χ0n) is 9.62. The molecule has 84 valence electrons. The summed E-state index contributed by atoms with van der Waals surface area (Å²) in [6, 6.07) is 6.24. The molecule has 0 bridgehead atoms. The summed E-state index contributed by atoms with van der Waals surface area (Å²) < 4.78 is 10.4. The summed E-state index contributed by atoms with van der Waals surface area (Å²) in [5.41, 5.74) is 8.02. The van der Waals surface area contributed by atoms with Crippen molar-refractivity contribution in [1.29, 1.82) is 0 Å². The molecule has 0 spiro atoms. The largest absolute Gasteiger partial charge is 0.496 e. The summed E-state index contributed by atoms with van der Waals surface area (Å²) in [6.07, 6.45) is 0.830. The van der Waals surface area contributed by atoms with E-state index in [2.05, 4.69) is 6.07 Å². The Balaban J connectivity index is 2.88. The van der Waals surface area contributed by atoms with Crippen molar-refractivity contribution >= 4 is 0 Å². The topological polar surface area (TPSA) is 44.5 Å². The van der Waals surface area contributed by atoms with Gasteiger partial charge in [-0.3, -0.25) is 0 Å². The molecule has 1 aromatic carbocycles. The van der Waals surface area contributed by atoms with Crippen LogP contribution in [0.2, 0.25) is 0 Å². The Morgan fingerprint density at radius 2 is 2.07 bits per heavy atom. The van der Waals surface area contributed by atoms with E-state index in [4.69, 9.17) is 15.2 Å². The Bertz CT molecular complexity index is 310. The van der Waals surface area contributed by atoms with E-state index in [9.17, 15) is 0 Å². The normalized spacial score (nSPS) is 12.5. The first-order valence-electron chi connectivity index (χ1n) is 5.07. The molecule has 3 nitrogen and oxygen atoms in total. The summed E-state index contributed by atoms with van der Waals surface area (Å²) >= 11 is 0. The SMILES string of the molecule is COCc1ccc(CC(C)N)c(OC)c1. The number of nitrogens with two attached hydrogens (primary N) is 1. The number of rotatable bonds is 5. The lowest BCUT2D eigenvalue weighted by molar-refractivity contribution is 0.184. The number of ether oxygens (including phenoxy) is 2. The van der Waals surface area contributed by atoms with Gasteiger partial charge in [0.1, 0.15) is 5.75 Å². The average Bonchev–Trinajstić information content (AvgIpc) is 2.20. The molecule has 0 aromatic heterocycles. The molecular formula is C12H19NO2. The van der Waals surface area contributed by atoms with Crippen LogP contribution in [0.25, 0.3) is 0 Å². The Kier molecular flexibility index (Phi) is 4.59. The molecule has 0 aliphatic rings. The highest BCUT2D eigenvalue weighted by molar-refractivity contribution is 5.37. The highest BCUT2D eigenvalue weighted by Crippen LogP contribution is 2.21. The van der Waals surface area contributed by atoms with Crippen molar-refractivity contribution < 1.29 is 9.47 Å². The molecule has 1 atom stereocenters. The molecule has 0 radical (unpaired) electrons. The second-order valence-corrected chi connectivity index (χ2v) is 3.76. The van der Waals surface area contributed by atoms with Crippen LogP contribution >= 0.6 is 0 Å². The van der Waals surface area contributed by atoms with Gasteiger partial charge >= 0.3 is 0 Å². The van der Waals surface area contributed by atoms with Gasteiger partial charge in [0.05, 0.1) is 13.7 Å². The van der Waals surface area contributed by atoms with E-state index in [1.807, 2.05) is 19.1 Å². The minimum atomic E-state index is 0.146. The zero-order chi connectivity index (χ0) is 11.3. The minimum absolute atomic E-state index is 0.146. The summed E-state index contributed by atoms with van der Waals surface area (Å²) in [5.74, 6) is 0.891. The van der Waals surface area contributed by atoms with Crippen molar-refractivity contribution in [3.8, 4) is 5.75 Å². The molecule has 0 aliphatic heterocycles. The Hall–Kier alpha value is -1.06.